The van der Waals surface area contributed by atoms with Crippen molar-refractivity contribution in [1.82, 2.24) is 9.38 Å². The van der Waals surface area contributed by atoms with Crippen molar-refractivity contribution in [3.05, 3.63) is 94.9 Å². The van der Waals surface area contributed by atoms with Gasteiger partial charge in [-0.3, -0.25) is 4.79 Å². The van der Waals surface area contributed by atoms with Crippen LogP contribution >= 0.6 is 0 Å². The summed E-state index contributed by atoms with van der Waals surface area (Å²) in [7, 11) is 0. The molecule has 0 radical (unpaired) electrons. The second kappa shape index (κ2) is 10.4. The average Bonchev–Trinajstić information content (AvgIpc) is 3.29. The summed E-state index contributed by atoms with van der Waals surface area (Å²) in [5.74, 6) is -1.34. The molecule has 1 N–H and O–H groups in total. The van der Waals surface area contributed by atoms with Crippen LogP contribution in [0.15, 0.2) is 66.9 Å². The molecule has 0 amide bonds. The number of hydrogen-bond acceptors (Lipinski definition) is 4. The van der Waals surface area contributed by atoms with Gasteiger partial charge < -0.3 is 14.2 Å². The first kappa shape index (κ1) is 25.2. The lowest BCUT2D eigenvalue weighted by Crippen LogP contribution is -2.29. The van der Waals surface area contributed by atoms with Crippen LogP contribution in [0.4, 0.5) is 0 Å². The lowest BCUT2D eigenvalue weighted by atomic mass is 9.84. The number of esters is 1. The van der Waals surface area contributed by atoms with Gasteiger partial charge in [-0.1, -0.05) is 61.9 Å². The molecule has 0 aliphatic heterocycles. The molecule has 36 heavy (non-hydrogen) atoms. The van der Waals surface area contributed by atoms with Gasteiger partial charge in [0, 0.05) is 6.20 Å². The maximum absolute atomic E-state index is 13.1. The minimum atomic E-state index is -0.998. The predicted molar refractivity (Wildman–Crippen MR) is 140 cm³/mol. The van der Waals surface area contributed by atoms with Crippen LogP contribution in [0.5, 0.6) is 0 Å². The van der Waals surface area contributed by atoms with Crippen LogP contribution < -0.4 is 0 Å². The first-order chi connectivity index (χ1) is 17.2. The zero-order valence-corrected chi connectivity index (χ0v) is 21.2. The largest absolute Gasteiger partial charge is 0.478 e. The van der Waals surface area contributed by atoms with Crippen LogP contribution in [-0.2, 0) is 29.0 Å². The summed E-state index contributed by atoms with van der Waals surface area (Å²) in [6.07, 6.45) is 4.28. The molecule has 0 saturated heterocycles. The normalized spacial score (nSPS) is 11.6. The minimum Gasteiger partial charge on any atom is -0.478 e. The maximum atomic E-state index is 13.1. The Morgan fingerprint density at radius 3 is 2.50 bits per heavy atom. The molecule has 0 fully saturated rings. The zero-order chi connectivity index (χ0) is 25.9. The second-order valence-electron chi connectivity index (χ2n) is 9.87. The third kappa shape index (κ3) is 5.33. The third-order valence-electron chi connectivity index (χ3n) is 6.40. The lowest BCUT2D eigenvalue weighted by molar-refractivity contribution is -0.155. The van der Waals surface area contributed by atoms with E-state index in [0.717, 1.165) is 46.6 Å². The molecule has 0 aliphatic carbocycles. The number of benzene rings is 2. The van der Waals surface area contributed by atoms with Crippen molar-refractivity contribution >= 4 is 17.6 Å². The molecule has 0 bridgehead atoms. The van der Waals surface area contributed by atoms with E-state index in [1.807, 2.05) is 86.0 Å². The highest BCUT2D eigenvalue weighted by Crippen LogP contribution is 2.29. The van der Waals surface area contributed by atoms with Crippen molar-refractivity contribution in [3.63, 3.8) is 0 Å². The minimum absolute atomic E-state index is 0.133. The average molecular weight is 485 g/mol. The first-order valence-electron chi connectivity index (χ1n) is 12.2. The molecule has 6 nitrogen and oxygen atoms in total. The monoisotopic (exact) mass is 484 g/mol. The van der Waals surface area contributed by atoms with E-state index in [1.54, 1.807) is 6.07 Å². The molecule has 4 rings (SSSR count). The Morgan fingerprint density at radius 2 is 1.81 bits per heavy atom. The zero-order valence-electron chi connectivity index (χ0n) is 21.2. The van der Waals surface area contributed by atoms with Crippen molar-refractivity contribution in [1.29, 1.82) is 0 Å². The SMILES string of the molecule is CCCc1cn2c(COC(=O)C(C)(C)Cc3ccc(-c4ccccc4)c(C(=O)O)c3)ccc(C)c2n1. The van der Waals surface area contributed by atoms with Crippen LogP contribution in [0.1, 0.15) is 60.1 Å². The number of aromatic carboxylic acids is 1. The van der Waals surface area contributed by atoms with E-state index in [4.69, 9.17) is 9.72 Å². The Morgan fingerprint density at radius 1 is 1.06 bits per heavy atom. The quantitative estimate of drug-likeness (QED) is 0.283. The van der Waals surface area contributed by atoms with Gasteiger partial charge in [0.25, 0.3) is 0 Å². The van der Waals surface area contributed by atoms with Crippen LogP contribution in [0.25, 0.3) is 16.8 Å². The molecule has 2 aromatic heterocycles. The number of carbonyl (C=O) groups is 2. The summed E-state index contributed by atoms with van der Waals surface area (Å²) in [5, 5.41) is 9.81. The molecule has 0 spiro atoms. The number of imidazole rings is 1. The smallest absolute Gasteiger partial charge is 0.336 e. The summed E-state index contributed by atoms with van der Waals surface area (Å²) in [6.45, 7) is 7.92. The van der Waals surface area contributed by atoms with Gasteiger partial charge in [0.1, 0.15) is 12.3 Å². The fourth-order valence-electron chi connectivity index (χ4n) is 4.46. The van der Waals surface area contributed by atoms with Crippen molar-refractivity contribution in [2.45, 2.75) is 53.6 Å². The number of ether oxygens (including phenoxy) is 1. The Kier molecular flexibility index (Phi) is 7.25. The van der Waals surface area contributed by atoms with E-state index < -0.39 is 11.4 Å². The number of hydrogen-bond donors (Lipinski definition) is 1. The molecule has 0 aliphatic rings. The first-order valence-corrected chi connectivity index (χ1v) is 12.2. The fourth-order valence-corrected chi connectivity index (χ4v) is 4.46. The number of fused-ring (bicyclic) bond motifs is 1. The molecule has 0 saturated carbocycles. The number of aromatic nitrogens is 2. The highest BCUT2D eigenvalue weighted by Gasteiger charge is 2.30. The molecule has 2 aromatic carbocycles. The third-order valence-corrected chi connectivity index (χ3v) is 6.40. The number of rotatable bonds is 9. The predicted octanol–water partition coefficient (Wildman–Crippen LogP) is 6.27. The molecular weight excluding hydrogens is 452 g/mol. The van der Waals surface area contributed by atoms with Crippen LogP contribution in [-0.4, -0.2) is 26.4 Å². The van der Waals surface area contributed by atoms with Gasteiger partial charge in [-0.2, -0.15) is 0 Å². The van der Waals surface area contributed by atoms with Gasteiger partial charge >= 0.3 is 11.9 Å². The topological polar surface area (TPSA) is 80.9 Å². The number of aryl methyl sites for hydroxylation is 2. The summed E-state index contributed by atoms with van der Waals surface area (Å²) in [5.41, 5.74) is 5.47. The summed E-state index contributed by atoms with van der Waals surface area (Å²) in [4.78, 5) is 29.8. The number of pyridine rings is 1. The number of carboxylic acid groups (broad SMARTS) is 1. The van der Waals surface area contributed by atoms with Gasteiger partial charge in [-0.25, -0.2) is 9.78 Å². The fraction of sp³-hybridized carbons (Fsp3) is 0.300. The number of carboxylic acids is 1. The van der Waals surface area contributed by atoms with Gasteiger partial charge in [-0.05, 0) is 68.0 Å². The van der Waals surface area contributed by atoms with Crippen LogP contribution in [0, 0.1) is 12.3 Å². The van der Waals surface area contributed by atoms with Crippen molar-refractivity contribution in [3.8, 4) is 11.1 Å². The maximum Gasteiger partial charge on any atom is 0.336 e. The molecule has 6 heteroatoms. The molecule has 2 heterocycles. The Bertz CT molecular complexity index is 1400. The molecule has 186 valence electrons. The molecular formula is C30H32N2O4. The standard InChI is InChI=1S/C30H32N2O4/c1-5-9-23-18-32-24(14-12-20(2)27(32)31-23)19-36-29(35)30(3,4)17-21-13-15-25(26(16-21)28(33)34)22-10-7-6-8-11-22/h6-8,10-16,18H,5,9,17,19H2,1-4H3,(H,33,34). The van der Waals surface area contributed by atoms with E-state index in [0.29, 0.717) is 12.0 Å². The van der Waals surface area contributed by atoms with Gasteiger partial charge in [0.2, 0.25) is 0 Å². The highest BCUT2D eigenvalue weighted by molar-refractivity contribution is 5.96. The van der Waals surface area contributed by atoms with E-state index in [1.165, 1.54) is 0 Å². The Hall–Kier alpha value is -3.93. The van der Waals surface area contributed by atoms with Crippen molar-refractivity contribution in [2.24, 2.45) is 5.41 Å². The van der Waals surface area contributed by atoms with Crippen LogP contribution in [0.3, 0.4) is 0 Å². The molecule has 0 unspecified atom stereocenters. The summed E-state index contributed by atoms with van der Waals surface area (Å²) >= 11 is 0. The van der Waals surface area contributed by atoms with Crippen LogP contribution in [0.2, 0.25) is 0 Å². The highest BCUT2D eigenvalue weighted by atomic mass is 16.5. The van der Waals surface area contributed by atoms with E-state index in [9.17, 15) is 14.7 Å². The van der Waals surface area contributed by atoms with E-state index >= 15 is 0 Å². The van der Waals surface area contributed by atoms with Gasteiger partial charge in [-0.15, -0.1) is 0 Å². The van der Waals surface area contributed by atoms with Gasteiger partial charge in [0.15, 0.2) is 0 Å². The van der Waals surface area contributed by atoms with E-state index in [2.05, 4.69) is 6.92 Å². The van der Waals surface area contributed by atoms with Crippen molar-refractivity contribution in [2.75, 3.05) is 0 Å². The summed E-state index contributed by atoms with van der Waals surface area (Å²) < 4.78 is 7.75. The number of carbonyl (C=O) groups excluding carboxylic acids is 1. The Labute approximate surface area is 211 Å². The molecule has 4 aromatic rings. The van der Waals surface area contributed by atoms with E-state index in [-0.39, 0.29) is 18.1 Å². The summed E-state index contributed by atoms with van der Waals surface area (Å²) in [6, 6.07) is 18.7. The second-order valence-corrected chi connectivity index (χ2v) is 9.87. The number of nitrogens with zero attached hydrogens (tertiary/aromatic N) is 2. The van der Waals surface area contributed by atoms with Gasteiger partial charge in [0.05, 0.1) is 22.4 Å². The van der Waals surface area contributed by atoms with Crippen molar-refractivity contribution < 1.29 is 19.4 Å². The Balaban J connectivity index is 1.51. The lowest BCUT2D eigenvalue weighted by Gasteiger charge is -2.23. The molecule has 0 atom stereocenters.